The second kappa shape index (κ2) is 5.77. The Morgan fingerprint density at radius 1 is 1.08 bits per heavy atom. The van der Waals surface area contributed by atoms with Crippen LogP contribution in [0.4, 0.5) is 0 Å². The van der Waals surface area contributed by atoms with Crippen LogP contribution in [0, 0.1) is 0 Å². The van der Waals surface area contributed by atoms with E-state index >= 15 is 0 Å². The van der Waals surface area contributed by atoms with Crippen molar-refractivity contribution < 1.29 is 14.4 Å². The minimum absolute atomic E-state index is 0.0281. The first kappa shape index (κ1) is 15.4. The van der Waals surface area contributed by atoms with Gasteiger partial charge in [-0.15, -0.1) is 0 Å². The van der Waals surface area contributed by atoms with Crippen LogP contribution in [0.3, 0.4) is 0 Å². The largest absolute Gasteiger partial charge is 0.347 e. The Balaban J connectivity index is 1.46. The highest BCUT2D eigenvalue weighted by atomic mass is 35.5. The third kappa shape index (κ3) is 2.45. The molecule has 3 heterocycles. The van der Waals surface area contributed by atoms with Crippen molar-refractivity contribution in [3.8, 4) is 0 Å². The number of piperazine rings is 1. The number of rotatable bonds is 2. The molecule has 4 rings (SSSR count). The second-order valence-electron chi connectivity index (χ2n) is 6.61. The first-order valence-electron chi connectivity index (χ1n) is 8.22. The Bertz CT molecular complexity index is 676. The topological polar surface area (TPSA) is 69.7 Å². The van der Waals surface area contributed by atoms with Gasteiger partial charge in [0.05, 0.1) is 0 Å². The van der Waals surface area contributed by atoms with Gasteiger partial charge < -0.3 is 15.1 Å². The smallest absolute Gasteiger partial charge is 0.251 e. The first-order chi connectivity index (χ1) is 11.5. The Hall–Kier alpha value is -2.08. The quantitative estimate of drug-likeness (QED) is 0.869. The maximum absolute atomic E-state index is 12.6. The zero-order valence-corrected chi connectivity index (χ0v) is 13.8. The van der Waals surface area contributed by atoms with Gasteiger partial charge in [0.1, 0.15) is 12.1 Å². The summed E-state index contributed by atoms with van der Waals surface area (Å²) in [6, 6.07) is 5.72. The molecule has 0 radical (unpaired) electrons. The zero-order valence-electron chi connectivity index (χ0n) is 13.1. The highest BCUT2D eigenvalue weighted by Gasteiger charge is 2.51. The predicted molar refractivity (Wildman–Crippen MR) is 87.6 cm³/mol. The molecule has 3 saturated heterocycles. The lowest BCUT2D eigenvalue weighted by Crippen LogP contribution is -2.60. The summed E-state index contributed by atoms with van der Waals surface area (Å²) in [6.45, 7) is 1.07. The standard InChI is InChI=1S/C17H18ClN3O3/c18-11-5-3-10(4-6-11)15(22)19-12-8-14-17(24)20-7-1-2-13(20)16(23)21(14)9-12/h3-6,12-14H,1-2,7-9H2,(H,19,22)/t12-,13+,14-/m0/s1. The molecule has 0 unspecified atom stereocenters. The number of hydrogen-bond donors (Lipinski definition) is 1. The van der Waals surface area contributed by atoms with Crippen molar-refractivity contribution in [3.05, 3.63) is 34.9 Å². The normalized spacial score (nSPS) is 28.8. The van der Waals surface area contributed by atoms with E-state index in [1.165, 1.54) is 0 Å². The van der Waals surface area contributed by atoms with Crippen LogP contribution < -0.4 is 5.32 Å². The van der Waals surface area contributed by atoms with Crippen molar-refractivity contribution in [2.75, 3.05) is 13.1 Å². The van der Waals surface area contributed by atoms with Gasteiger partial charge in [-0.3, -0.25) is 14.4 Å². The van der Waals surface area contributed by atoms with Crippen LogP contribution in [-0.4, -0.2) is 58.7 Å². The Morgan fingerprint density at radius 3 is 2.54 bits per heavy atom. The fourth-order valence-corrected chi connectivity index (χ4v) is 4.08. The van der Waals surface area contributed by atoms with Crippen molar-refractivity contribution in [2.24, 2.45) is 0 Å². The van der Waals surface area contributed by atoms with E-state index in [0.717, 1.165) is 12.8 Å². The molecule has 0 saturated carbocycles. The average Bonchev–Trinajstić information content (AvgIpc) is 3.20. The van der Waals surface area contributed by atoms with Crippen molar-refractivity contribution >= 4 is 29.3 Å². The number of carbonyl (C=O) groups is 3. The van der Waals surface area contributed by atoms with Gasteiger partial charge in [0.15, 0.2) is 0 Å². The monoisotopic (exact) mass is 347 g/mol. The van der Waals surface area contributed by atoms with E-state index in [-0.39, 0.29) is 29.8 Å². The number of nitrogens with zero attached hydrogens (tertiary/aromatic N) is 2. The lowest BCUT2D eigenvalue weighted by molar-refractivity contribution is -0.156. The molecule has 0 aromatic heterocycles. The molecule has 0 spiro atoms. The number of carbonyl (C=O) groups excluding carboxylic acids is 3. The Kier molecular flexibility index (Phi) is 3.72. The average molecular weight is 348 g/mol. The molecule has 0 aliphatic carbocycles. The highest BCUT2D eigenvalue weighted by Crippen LogP contribution is 2.32. The molecule has 7 heteroatoms. The maximum Gasteiger partial charge on any atom is 0.251 e. The minimum atomic E-state index is -0.428. The number of halogens is 1. The first-order valence-corrected chi connectivity index (χ1v) is 8.60. The van der Waals surface area contributed by atoms with E-state index in [4.69, 9.17) is 11.6 Å². The van der Waals surface area contributed by atoms with E-state index < -0.39 is 6.04 Å². The van der Waals surface area contributed by atoms with Crippen LogP contribution in [0.1, 0.15) is 29.6 Å². The van der Waals surface area contributed by atoms with Gasteiger partial charge in [-0.1, -0.05) is 11.6 Å². The van der Waals surface area contributed by atoms with Crippen LogP contribution >= 0.6 is 11.6 Å². The highest BCUT2D eigenvalue weighted by molar-refractivity contribution is 6.30. The Morgan fingerprint density at radius 2 is 1.79 bits per heavy atom. The van der Waals surface area contributed by atoms with E-state index in [2.05, 4.69) is 5.32 Å². The van der Waals surface area contributed by atoms with Crippen LogP contribution in [0.15, 0.2) is 24.3 Å². The number of amides is 3. The summed E-state index contributed by atoms with van der Waals surface area (Å²) in [5.41, 5.74) is 0.516. The summed E-state index contributed by atoms with van der Waals surface area (Å²) in [5, 5.41) is 3.50. The Labute approximate surface area is 144 Å². The lowest BCUT2D eigenvalue weighted by atomic mass is 10.1. The van der Waals surface area contributed by atoms with E-state index in [9.17, 15) is 14.4 Å². The molecule has 1 aromatic carbocycles. The summed E-state index contributed by atoms with van der Waals surface area (Å²) in [4.78, 5) is 40.8. The fraction of sp³-hybridized carbons (Fsp3) is 0.471. The van der Waals surface area contributed by atoms with Gasteiger partial charge in [-0.05, 0) is 43.5 Å². The zero-order chi connectivity index (χ0) is 16.8. The molecule has 3 amide bonds. The second-order valence-corrected chi connectivity index (χ2v) is 7.05. The fourth-order valence-electron chi connectivity index (χ4n) is 3.96. The number of nitrogens with one attached hydrogen (secondary N) is 1. The van der Waals surface area contributed by atoms with Crippen molar-refractivity contribution in [1.82, 2.24) is 15.1 Å². The SMILES string of the molecule is O=C(N[C@H]1C[C@H]2C(=O)N3CCC[C@@H]3C(=O)N2C1)c1ccc(Cl)cc1. The van der Waals surface area contributed by atoms with Gasteiger partial charge in [0.2, 0.25) is 11.8 Å². The van der Waals surface area contributed by atoms with Crippen molar-refractivity contribution in [3.63, 3.8) is 0 Å². The molecule has 3 aliphatic heterocycles. The predicted octanol–water partition coefficient (Wildman–Crippen LogP) is 1.04. The van der Waals surface area contributed by atoms with Gasteiger partial charge in [-0.25, -0.2) is 0 Å². The number of benzene rings is 1. The molecule has 24 heavy (non-hydrogen) atoms. The van der Waals surface area contributed by atoms with Crippen LogP contribution in [0.25, 0.3) is 0 Å². The molecule has 126 valence electrons. The summed E-state index contributed by atoms with van der Waals surface area (Å²) in [6.07, 6.45) is 2.11. The van der Waals surface area contributed by atoms with E-state index in [0.29, 0.717) is 30.1 Å². The van der Waals surface area contributed by atoms with Crippen LogP contribution in [-0.2, 0) is 9.59 Å². The van der Waals surface area contributed by atoms with Crippen molar-refractivity contribution in [2.45, 2.75) is 37.4 Å². The number of hydrogen-bond acceptors (Lipinski definition) is 3. The van der Waals surface area contributed by atoms with Gasteiger partial charge in [0.25, 0.3) is 5.91 Å². The summed E-state index contributed by atoms with van der Waals surface area (Å²) >= 11 is 5.83. The van der Waals surface area contributed by atoms with E-state index in [1.54, 1.807) is 34.1 Å². The van der Waals surface area contributed by atoms with E-state index in [1.807, 2.05) is 0 Å². The molecule has 3 atom stereocenters. The molecule has 0 bridgehead atoms. The minimum Gasteiger partial charge on any atom is -0.347 e. The summed E-state index contributed by atoms with van der Waals surface area (Å²) < 4.78 is 0. The van der Waals surface area contributed by atoms with Gasteiger partial charge in [-0.2, -0.15) is 0 Å². The molecule has 6 nitrogen and oxygen atoms in total. The van der Waals surface area contributed by atoms with Crippen LogP contribution in [0.5, 0.6) is 0 Å². The van der Waals surface area contributed by atoms with Crippen LogP contribution in [0.2, 0.25) is 5.02 Å². The molecule has 1 aromatic rings. The molecular weight excluding hydrogens is 330 g/mol. The summed E-state index contributed by atoms with van der Waals surface area (Å²) in [5.74, 6) is -0.155. The number of fused-ring (bicyclic) bond motifs is 2. The summed E-state index contributed by atoms with van der Waals surface area (Å²) in [7, 11) is 0. The third-order valence-corrected chi connectivity index (χ3v) is 5.38. The lowest BCUT2D eigenvalue weighted by Gasteiger charge is -2.38. The maximum atomic E-state index is 12.6. The van der Waals surface area contributed by atoms with Crippen molar-refractivity contribution in [1.29, 1.82) is 0 Å². The third-order valence-electron chi connectivity index (χ3n) is 5.13. The molecular formula is C17H18ClN3O3. The van der Waals surface area contributed by atoms with Gasteiger partial charge >= 0.3 is 0 Å². The molecule has 1 N–H and O–H groups in total. The molecule has 3 aliphatic rings. The van der Waals surface area contributed by atoms with Gasteiger partial charge in [0, 0.05) is 29.7 Å². The molecule has 3 fully saturated rings.